The van der Waals surface area contributed by atoms with Crippen LogP contribution in [0.2, 0.25) is 0 Å². The van der Waals surface area contributed by atoms with Crippen molar-refractivity contribution in [3.8, 4) is 0 Å². The van der Waals surface area contributed by atoms with Crippen molar-refractivity contribution >= 4 is 23.0 Å². The molecule has 1 aliphatic carbocycles. The van der Waals surface area contributed by atoms with Gasteiger partial charge in [-0.2, -0.15) is 23.3 Å². The third kappa shape index (κ3) is 2.57. The normalized spacial score (nSPS) is 27.8. The van der Waals surface area contributed by atoms with Crippen LogP contribution in [-0.4, -0.2) is 33.6 Å². The van der Waals surface area contributed by atoms with E-state index in [4.69, 9.17) is 0 Å². The number of hydrazone groups is 1. The van der Waals surface area contributed by atoms with E-state index >= 15 is 0 Å². The van der Waals surface area contributed by atoms with Crippen molar-refractivity contribution in [2.45, 2.75) is 51.4 Å². The molecular formula is C15H17F3N2O2S. The highest BCUT2D eigenvalue weighted by Gasteiger charge is 2.62. The summed E-state index contributed by atoms with van der Waals surface area (Å²) in [4.78, 5) is 13.7. The number of rotatable bonds is 1. The second-order valence-corrected chi connectivity index (χ2v) is 7.31. The summed E-state index contributed by atoms with van der Waals surface area (Å²) in [5.74, 6) is -0.378. The first-order valence-corrected chi connectivity index (χ1v) is 8.28. The van der Waals surface area contributed by atoms with Crippen LogP contribution in [0.4, 0.5) is 13.2 Å². The summed E-state index contributed by atoms with van der Waals surface area (Å²) in [5, 5.41) is 15.5. The molecule has 0 spiro atoms. The maximum absolute atomic E-state index is 13.2. The van der Waals surface area contributed by atoms with Gasteiger partial charge in [-0.15, -0.1) is 11.3 Å². The van der Waals surface area contributed by atoms with Crippen molar-refractivity contribution in [1.82, 2.24) is 5.01 Å². The van der Waals surface area contributed by atoms with Gasteiger partial charge in [-0.3, -0.25) is 4.79 Å². The molecule has 2 aliphatic rings. The van der Waals surface area contributed by atoms with Gasteiger partial charge in [-0.1, -0.05) is 6.92 Å². The number of carbonyl (C=O) groups is 1. The zero-order valence-corrected chi connectivity index (χ0v) is 13.6. The summed E-state index contributed by atoms with van der Waals surface area (Å²) in [5.41, 5.74) is -2.14. The Kier molecular flexibility index (Phi) is 3.79. The molecule has 0 bridgehead atoms. The maximum Gasteiger partial charge on any atom is 0.438 e. The molecule has 4 nitrogen and oxygen atoms in total. The van der Waals surface area contributed by atoms with Crippen molar-refractivity contribution in [1.29, 1.82) is 0 Å². The number of thiophene rings is 1. The first-order chi connectivity index (χ1) is 10.6. The van der Waals surface area contributed by atoms with Crippen LogP contribution >= 0.6 is 11.3 Å². The van der Waals surface area contributed by atoms with Gasteiger partial charge in [0.05, 0.1) is 5.56 Å². The zero-order chi connectivity index (χ0) is 17.0. The van der Waals surface area contributed by atoms with Crippen molar-refractivity contribution in [2.24, 2.45) is 11.0 Å². The molecule has 2 atom stereocenters. The average Bonchev–Trinajstić information content (AvgIpc) is 2.98. The lowest BCUT2D eigenvalue weighted by Gasteiger charge is -2.32. The number of halogens is 3. The smallest absolute Gasteiger partial charge is 0.362 e. The minimum atomic E-state index is -4.96. The van der Waals surface area contributed by atoms with Crippen molar-refractivity contribution in [3.05, 3.63) is 21.4 Å². The number of amides is 1. The quantitative estimate of drug-likeness (QED) is 0.848. The van der Waals surface area contributed by atoms with Crippen molar-refractivity contribution in [2.75, 3.05) is 0 Å². The van der Waals surface area contributed by atoms with Crippen LogP contribution < -0.4 is 0 Å². The summed E-state index contributed by atoms with van der Waals surface area (Å²) in [6, 6.07) is 0. The van der Waals surface area contributed by atoms with Crippen LogP contribution in [-0.2, 0) is 12.8 Å². The van der Waals surface area contributed by atoms with E-state index in [1.165, 1.54) is 18.3 Å². The van der Waals surface area contributed by atoms with Crippen LogP contribution in [0.15, 0.2) is 10.5 Å². The molecule has 23 heavy (non-hydrogen) atoms. The molecular weight excluding hydrogens is 329 g/mol. The molecule has 2 heterocycles. The number of carbonyl (C=O) groups excluding carboxylic acids is 1. The number of nitrogens with zero attached hydrogens (tertiary/aromatic N) is 2. The van der Waals surface area contributed by atoms with Crippen molar-refractivity contribution < 1.29 is 23.1 Å². The average molecular weight is 346 g/mol. The molecule has 8 heteroatoms. The largest absolute Gasteiger partial charge is 0.438 e. The third-order valence-electron chi connectivity index (χ3n) is 4.40. The number of hydrogen-bond donors (Lipinski definition) is 1. The molecule has 0 fully saturated rings. The Hall–Kier alpha value is -1.41. The highest BCUT2D eigenvalue weighted by atomic mass is 32.1. The minimum Gasteiger partial charge on any atom is -0.362 e. The lowest BCUT2D eigenvalue weighted by Crippen LogP contribution is -2.56. The van der Waals surface area contributed by atoms with E-state index in [1.807, 2.05) is 0 Å². The molecule has 1 aromatic heterocycles. The highest BCUT2D eigenvalue weighted by molar-refractivity contribution is 7.10. The molecule has 0 radical (unpaired) electrons. The van der Waals surface area contributed by atoms with E-state index in [9.17, 15) is 23.1 Å². The molecule has 1 amide bonds. The molecule has 0 saturated carbocycles. The Bertz CT molecular complexity index is 683. The Morgan fingerprint density at radius 2 is 2.22 bits per heavy atom. The van der Waals surface area contributed by atoms with Crippen LogP contribution in [0.3, 0.4) is 0 Å². The van der Waals surface area contributed by atoms with Crippen LogP contribution in [0.25, 0.3) is 0 Å². The minimum absolute atomic E-state index is 0.0795. The third-order valence-corrected chi connectivity index (χ3v) is 5.45. The second-order valence-electron chi connectivity index (χ2n) is 6.34. The number of aliphatic hydroxyl groups is 1. The number of hydrogen-bond acceptors (Lipinski definition) is 4. The van der Waals surface area contributed by atoms with Crippen molar-refractivity contribution in [3.63, 3.8) is 0 Å². The molecule has 126 valence electrons. The summed E-state index contributed by atoms with van der Waals surface area (Å²) < 4.78 is 39.7. The van der Waals surface area contributed by atoms with Gasteiger partial charge in [0.25, 0.3) is 11.6 Å². The van der Waals surface area contributed by atoms with E-state index in [0.717, 1.165) is 23.3 Å². The van der Waals surface area contributed by atoms with Gasteiger partial charge in [-0.25, -0.2) is 0 Å². The van der Waals surface area contributed by atoms with Gasteiger partial charge in [0.15, 0.2) is 0 Å². The van der Waals surface area contributed by atoms with Gasteiger partial charge < -0.3 is 5.11 Å². The van der Waals surface area contributed by atoms with Gasteiger partial charge in [0, 0.05) is 22.4 Å². The van der Waals surface area contributed by atoms with E-state index in [0.29, 0.717) is 12.3 Å². The van der Waals surface area contributed by atoms with Crippen LogP contribution in [0, 0.1) is 5.92 Å². The molecule has 1 N–H and O–H groups in total. The summed E-state index contributed by atoms with van der Waals surface area (Å²) in [6.07, 6.45) is -3.28. The fourth-order valence-corrected chi connectivity index (χ4v) is 4.36. The molecule has 3 rings (SSSR count). The molecule has 2 unspecified atom stereocenters. The zero-order valence-electron chi connectivity index (χ0n) is 12.8. The predicted molar refractivity (Wildman–Crippen MR) is 80.4 cm³/mol. The standard InChI is InChI=1S/C15H17F3N2O2S/c1-8-3-4-10-11(7-23-12(10)5-8)13(21)20-14(22,15(16,17)18)6-9(2)19-20/h7-8,22H,3-6H2,1-2H3. The monoisotopic (exact) mass is 346 g/mol. The van der Waals surface area contributed by atoms with E-state index in [1.54, 1.807) is 5.38 Å². The number of alkyl halides is 3. The van der Waals surface area contributed by atoms with E-state index in [-0.39, 0.29) is 16.3 Å². The molecule has 0 saturated heterocycles. The Morgan fingerprint density at radius 3 is 2.87 bits per heavy atom. The first kappa shape index (κ1) is 16.4. The van der Waals surface area contributed by atoms with E-state index in [2.05, 4.69) is 12.0 Å². The summed E-state index contributed by atoms with van der Waals surface area (Å²) in [7, 11) is 0. The predicted octanol–water partition coefficient (Wildman–Crippen LogP) is 3.35. The van der Waals surface area contributed by atoms with Gasteiger partial charge in [-0.05, 0) is 37.7 Å². The Morgan fingerprint density at radius 1 is 1.52 bits per heavy atom. The van der Waals surface area contributed by atoms with Gasteiger partial charge in [0.1, 0.15) is 0 Å². The lowest BCUT2D eigenvalue weighted by molar-refractivity contribution is -0.297. The molecule has 1 aromatic rings. The van der Waals surface area contributed by atoms with E-state index < -0.39 is 24.2 Å². The highest BCUT2D eigenvalue weighted by Crippen LogP contribution is 2.42. The Balaban J connectivity index is 1.97. The maximum atomic E-state index is 13.2. The lowest BCUT2D eigenvalue weighted by atomic mass is 9.88. The van der Waals surface area contributed by atoms with Crippen LogP contribution in [0.5, 0.6) is 0 Å². The topological polar surface area (TPSA) is 52.9 Å². The Labute approximate surface area is 135 Å². The fourth-order valence-electron chi connectivity index (χ4n) is 3.12. The molecule has 0 aromatic carbocycles. The second kappa shape index (κ2) is 5.31. The first-order valence-electron chi connectivity index (χ1n) is 7.40. The summed E-state index contributed by atoms with van der Waals surface area (Å²) in [6.45, 7) is 3.48. The van der Waals surface area contributed by atoms with Gasteiger partial charge in [0.2, 0.25) is 0 Å². The molecule has 1 aliphatic heterocycles. The summed E-state index contributed by atoms with van der Waals surface area (Å²) >= 11 is 1.39. The van der Waals surface area contributed by atoms with Gasteiger partial charge >= 0.3 is 6.18 Å². The SMILES string of the molecule is CC1=NN(C(=O)c2csc3c2CCC(C)C3)C(O)(C(F)(F)F)C1. The fraction of sp³-hybridized carbons (Fsp3) is 0.600. The number of fused-ring (bicyclic) bond motifs is 1. The van der Waals surface area contributed by atoms with Crippen LogP contribution in [0.1, 0.15) is 47.5 Å².